The molecule has 0 aliphatic heterocycles. The monoisotopic (exact) mass is 334 g/mol. The molecule has 3 rings (SSSR count). The predicted octanol–water partition coefficient (Wildman–Crippen LogP) is 3.56. The molecule has 2 N–H and O–H groups in total. The zero-order chi connectivity index (χ0) is 13.4. The summed E-state index contributed by atoms with van der Waals surface area (Å²) in [5.74, 6) is 0.642. The first-order chi connectivity index (χ1) is 9.18. The van der Waals surface area contributed by atoms with Crippen LogP contribution in [0.5, 0.6) is 0 Å². The van der Waals surface area contributed by atoms with Gasteiger partial charge in [-0.25, -0.2) is 0 Å². The minimum Gasteiger partial charge on any atom is -0.383 e. The van der Waals surface area contributed by atoms with Crippen LogP contribution in [-0.4, -0.2) is 14.8 Å². The second-order valence-corrected chi connectivity index (χ2v) is 5.84. The van der Waals surface area contributed by atoms with Crippen molar-refractivity contribution in [2.45, 2.75) is 0 Å². The summed E-state index contributed by atoms with van der Waals surface area (Å²) in [7, 11) is 1.85. The van der Waals surface area contributed by atoms with Gasteiger partial charge in [0.15, 0.2) is 0 Å². The van der Waals surface area contributed by atoms with Gasteiger partial charge >= 0.3 is 0 Å². The first kappa shape index (κ1) is 12.4. The van der Waals surface area contributed by atoms with Crippen molar-refractivity contribution in [2.75, 3.05) is 5.73 Å². The predicted molar refractivity (Wildman–Crippen MR) is 81.9 cm³/mol. The van der Waals surface area contributed by atoms with E-state index in [9.17, 15) is 0 Å². The smallest absolute Gasteiger partial charge is 0.130 e. The average Bonchev–Trinajstić information content (AvgIpc) is 2.96. The molecular weight excluding hydrogens is 324 g/mol. The molecule has 3 heterocycles. The third kappa shape index (κ3) is 2.06. The number of nitrogen functional groups attached to an aromatic ring is 1. The van der Waals surface area contributed by atoms with Gasteiger partial charge in [0, 0.05) is 29.5 Å². The van der Waals surface area contributed by atoms with E-state index in [4.69, 9.17) is 5.73 Å². The molecule has 0 spiro atoms. The van der Waals surface area contributed by atoms with Crippen LogP contribution in [0.25, 0.3) is 21.7 Å². The van der Waals surface area contributed by atoms with Crippen LogP contribution in [0.2, 0.25) is 0 Å². The van der Waals surface area contributed by atoms with Gasteiger partial charge in [0.05, 0.1) is 10.4 Å². The van der Waals surface area contributed by atoms with Crippen LogP contribution < -0.4 is 5.73 Å². The number of halogens is 1. The van der Waals surface area contributed by atoms with Crippen LogP contribution in [-0.2, 0) is 7.05 Å². The lowest BCUT2D eigenvalue weighted by molar-refractivity contribution is 0.783. The first-order valence-corrected chi connectivity index (χ1v) is 7.32. The Bertz CT molecular complexity index is 718. The third-order valence-electron chi connectivity index (χ3n) is 2.87. The lowest BCUT2D eigenvalue weighted by atomic mass is 10.1. The highest BCUT2D eigenvalue weighted by molar-refractivity contribution is 9.10. The summed E-state index contributed by atoms with van der Waals surface area (Å²) >= 11 is 5.18. The number of thiophene rings is 1. The third-order valence-corrected chi connectivity index (χ3v) is 4.72. The Morgan fingerprint density at radius 1 is 1.37 bits per heavy atom. The molecule has 0 fully saturated rings. The highest BCUT2D eigenvalue weighted by atomic mass is 79.9. The van der Waals surface area contributed by atoms with Gasteiger partial charge in [0.1, 0.15) is 11.5 Å². The standard InChI is InChI=1S/C13H11BrN4S/c1-18-13(15)10(8-3-2-5-16-7-8)11(17-18)12-9(14)4-6-19-12/h2-7H,15H2,1H3. The second-order valence-electron chi connectivity index (χ2n) is 4.07. The van der Waals surface area contributed by atoms with Crippen molar-refractivity contribution in [3.05, 3.63) is 40.4 Å². The fraction of sp³-hybridized carbons (Fsp3) is 0.0769. The number of nitrogens with two attached hydrogens (primary N) is 1. The highest BCUT2D eigenvalue weighted by Gasteiger charge is 2.19. The molecule has 0 bridgehead atoms. The Morgan fingerprint density at radius 3 is 2.84 bits per heavy atom. The number of rotatable bonds is 2. The summed E-state index contributed by atoms with van der Waals surface area (Å²) in [4.78, 5) is 5.23. The van der Waals surface area contributed by atoms with Crippen LogP contribution in [0.3, 0.4) is 0 Å². The maximum atomic E-state index is 6.15. The molecule has 0 saturated heterocycles. The van der Waals surface area contributed by atoms with Gasteiger partial charge in [-0.2, -0.15) is 5.10 Å². The number of hydrogen-bond donors (Lipinski definition) is 1. The summed E-state index contributed by atoms with van der Waals surface area (Å²) in [5, 5.41) is 6.56. The number of nitrogens with zero attached hydrogens (tertiary/aromatic N) is 3. The highest BCUT2D eigenvalue weighted by Crippen LogP contribution is 2.41. The van der Waals surface area contributed by atoms with Crippen molar-refractivity contribution in [3.8, 4) is 21.7 Å². The van der Waals surface area contributed by atoms with E-state index in [2.05, 4.69) is 26.0 Å². The Kier molecular flexibility index (Phi) is 3.12. The summed E-state index contributed by atoms with van der Waals surface area (Å²) in [6.07, 6.45) is 3.55. The Hall–Kier alpha value is -1.66. The van der Waals surface area contributed by atoms with Crippen molar-refractivity contribution in [2.24, 2.45) is 7.05 Å². The summed E-state index contributed by atoms with van der Waals surface area (Å²) in [6, 6.07) is 5.90. The van der Waals surface area contributed by atoms with Crippen molar-refractivity contribution >= 4 is 33.1 Å². The van der Waals surface area contributed by atoms with Gasteiger partial charge in [0.2, 0.25) is 0 Å². The lowest BCUT2D eigenvalue weighted by Gasteiger charge is -2.02. The van der Waals surface area contributed by atoms with Gasteiger partial charge in [-0.1, -0.05) is 6.07 Å². The Balaban J connectivity index is 2.28. The Labute approximate surface area is 123 Å². The minimum absolute atomic E-state index is 0.642. The largest absolute Gasteiger partial charge is 0.383 e. The molecule has 96 valence electrons. The van der Waals surface area contributed by atoms with Gasteiger partial charge in [-0.15, -0.1) is 11.3 Å². The van der Waals surface area contributed by atoms with Crippen LogP contribution in [0.1, 0.15) is 0 Å². The molecule has 0 atom stereocenters. The van der Waals surface area contributed by atoms with Gasteiger partial charge in [-0.3, -0.25) is 9.67 Å². The van der Waals surface area contributed by atoms with Gasteiger partial charge in [0.25, 0.3) is 0 Å². The van der Waals surface area contributed by atoms with E-state index < -0.39 is 0 Å². The summed E-state index contributed by atoms with van der Waals surface area (Å²) in [5.41, 5.74) is 8.94. The zero-order valence-corrected chi connectivity index (χ0v) is 12.6. The van der Waals surface area contributed by atoms with Crippen molar-refractivity contribution in [3.63, 3.8) is 0 Å². The van der Waals surface area contributed by atoms with Crippen molar-refractivity contribution < 1.29 is 0 Å². The van der Waals surface area contributed by atoms with E-state index in [1.54, 1.807) is 28.4 Å². The second kappa shape index (κ2) is 4.79. The fourth-order valence-electron chi connectivity index (χ4n) is 1.95. The average molecular weight is 335 g/mol. The number of hydrogen-bond acceptors (Lipinski definition) is 4. The molecule has 3 aromatic rings. The van der Waals surface area contributed by atoms with Gasteiger partial charge < -0.3 is 5.73 Å². The molecule has 0 amide bonds. The fourth-order valence-corrected chi connectivity index (χ4v) is 3.50. The number of aryl methyl sites for hydroxylation is 1. The van der Waals surface area contributed by atoms with E-state index in [0.29, 0.717) is 5.82 Å². The molecule has 3 aromatic heterocycles. The van der Waals surface area contributed by atoms with Crippen LogP contribution >= 0.6 is 27.3 Å². The Morgan fingerprint density at radius 2 is 2.21 bits per heavy atom. The summed E-state index contributed by atoms with van der Waals surface area (Å²) in [6.45, 7) is 0. The van der Waals surface area contributed by atoms with E-state index in [1.165, 1.54) is 0 Å². The minimum atomic E-state index is 0.642. The van der Waals surface area contributed by atoms with Crippen molar-refractivity contribution in [1.29, 1.82) is 0 Å². The zero-order valence-electron chi connectivity index (χ0n) is 10.2. The molecule has 0 aliphatic rings. The topological polar surface area (TPSA) is 56.7 Å². The molecular formula is C13H11BrN4S. The quantitative estimate of drug-likeness (QED) is 0.779. The van der Waals surface area contributed by atoms with E-state index in [0.717, 1.165) is 26.2 Å². The molecule has 0 aromatic carbocycles. The molecule has 0 aliphatic carbocycles. The van der Waals surface area contributed by atoms with E-state index in [-0.39, 0.29) is 0 Å². The molecule has 0 unspecified atom stereocenters. The summed E-state index contributed by atoms with van der Waals surface area (Å²) < 4.78 is 2.73. The van der Waals surface area contributed by atoms with Crippen molar-refractivity contribution in [1.82, 2.24) is 14.8 Å². The number of anilines is 1. The van der Waals surface area contributed by atoms with E-state index in [1.807, 2.05) is 30.6 Å². The molecule has 4 nitrogen and oxygen atoms in total. The molecule has 19 heavy (non-hydrogen) atoms. The van der Waals surface area contributed by atoms with Crippen LogP contribution in [0.15, 0.2) is 40.4 Å². The molecule has 0 saturated carbocycles. The molecule has 0 radical (unpaired) electrons. The van der Waals surface area contributed by atoms with Crippen LogP contribution in [0.4, 0.5) is 5.82 Å². The number of pyridine rings is 1. The molecule has 6 heteroatoms. The maximum absolute atomic E-state index is 6.15. The number of aromatic nitrogens is 3. The lowest BCUT2D eigenvalue weighted by Crippen LogP contribution is -1.98. The van der Waals surface area contributed by atoms with Crippen LogP contribution in [0, 0.1) is 0 Å². The normalized spacial score (nSPS) is 10.8. The maximum Gasteiger partial charge on any atom is 0.130 e. The first-order valence-electron chi connectivity index (χ1n) is 5.64. The SMILES string of the molecule is Cn1nc(-c2sccc2Br)c(-c2cccnc2)c1N. The van der Waals surface area contributed by atoms with E-state index >= 15 is 0 Å². The van der Waals surface area contributed by atoms with Gasteiger partial charge in [-0.05, 0) is 33.4 Å².